The van der Waals surface area contributed by atoms with Crippen LogP contribution >= 0.6 is 0 Å². The third kappa shape index (κ3) is 2.77. The van der Waals surface area contributed by atoms with Gasteiger partial charge in [-0.05, 0) is 26.3 Å². The molecule has 0 saturated heterocycles. The van der Waals surface area contributed by atoms with Gasteiger partial charge in [-0.3, -0.25) is 9.89 Å². The van der Waals surface area contributed by atoms with Crippen molar-refractivity contribution in [1.29, 1.82) is 0 Å². The molecule has 1 amide bonds. The molecule has 0 aliphatic heterocycles. The molecule has 0 unspecified atom stereocenters. The summed E-state index contributed by atoms with van der Waals surface area (Å²) in [5.74, 6) is -0.0202. The Morgan fingerprint density at radius 3 is 2.72 bits per heavy atom. The Hall–Kier alpha value is -2.10. The first-order valence-electron chi connectivity index (χ1n) is 5.93. The van der Waals surface area contributed by atoms with Crippen LogP contribution < -0.4 is 5.32 Å². The first-order chi connectivity index (χ1) is 8.56. The number of rotatable bonds is 3. The molecule has 0 radical (unpaired) electrons. The zero-order valence-electron chi connectivity index (χ0n) is 10.9. The van der Waals surface area contributed by atoms with E-state index in [4.69, 9.17) is 0 Å². The lowest BCUT2D eigenvalue weighted by atomic mass is 10.1. The van der Waals surface area contributed by atoms with Crippen LogP contribution in [0.5, 0.6) is 0 Å². The first-order valence-corrected chi connectivity index (χ1v) is 5.93. The van der Waals surface area contributed by atoms with Crippen LogP contribution in [0.3, 0.4) is 0 Å². The van der Waals surface area contributed by atoms with Crippen LogP contribution in [-0.4, -0.2) is 16.1 Å². The fourth-order valence-electron chi connectivity index (χ4n) is 1.93. The van der Waals surface area contributed by atoms with Crippen molar-refractivity contribution in [1.82, 2.24) is 10.2 Å². The predicted molar refractivity (Wildman–Crippen MR) is 71.6 cm³/mol. The largest absolute Gasteiger partial charge is 0.323 e. The number of hydrogen-bond donors (Lipinski definition) is 2. The van der Waals surface area contributed by atoms with Gasteiger partial charge in [0.15, 0.2) is 0 Å². The molecule has 18 heavy (non-hydrogen) atoms. The lowest BCUT2D eigenvalue weighted by molar-refractivity contribution is -0.115. The normalized spacial score (nSPS) is 10.4. The Morgan fingerprint density at radius 1 is 1.33 bits per heavy atom. The Kier molecular flexibility index (Phi) is 3.46. The van der Waals surface area contributed by atoms with Crippen molar-refractivity contribution >= 4 is 11.6 Å². The zero-order chi connectivity index (χ0) is 13.1. The third-order valence-corrected chi connectivity index (χ3v) is 2.84. The summed E-state index contributed by atoms with van der Waals surface area (Å²) < 4.78 is 0. The summed E-state index contributed by atoms with van der Waals surface area (Å²) in [5, 5.41) is 9.79. The van der Waals surface area contributed by atoms with Crippen LogP contribution in [0.15, 0.2) is 24.3 Å². The number of amides is 1. The highest BCUT2D eigenvalue weighted by molar-refractivity contribution is 5.93. The van der Waals surface area contributed by atoms with E-state index in [-0.39, 0.29) is 5.91 Å². The molecular weight excluding hydrogens is 226 g/mol. The molecule has 0 bridgehead atoms. The summed E-state index contributed by atoms with van der Waals surface area (Å²) in [6, 6.07) is 7.97. The van der Waals surface area contributed by atoms with Gasteiger partial charge in [0, 0.05) is 0 Å². The predicted octanol–water partition coefficient (Wildman–Crippen LogP) is 2.52. The van der Waals surface area contributed by atoms with E-state index in [1.165, 1.54) is 0 Å². The standard InChI is InChI=1S/C14H17N3O/c1-9-5-4-6-12(7-9)8-13(18)15-14-10(2)16-17-11(14)3/h4-7H,8H2,1-3H3,(H,15,18)(H,16,17). The number of H-pyrrole nitrogens is 1. The molecule has 0 aliphatic carbocycles. The highest BCUT2D eigenvalue weighted by Crippen LogP contribution is 2.16. The highest BCUT2D eigenvalue weighted by Gasteiger charge is 2.10. The summed E-state index contributed by atoms with van der Waals surface area (Å²) in [7, 11) is 0. The van der Waals surface area contributed by atoms with Gasteiger partial charge in [0.2, 0.25) is 5.91 Å². The number of aryl methyl sites for hydroxylation is 3. The molecule has 1 aromatic heterocycles. The van der Waals surface area contributed by atoms with E-state index in [1.807, 2.05) is 45.0 Å². The van der Waals surface area contributed by atoms with Crippen LogP contribution in [-0.2, 0) is 11.2 Å². The minimum Gasteiger partial charge on any atom is -0.323 e. The van der Waals surface area contributed by atoms with Gasteiger partial charge in [0.25, 0.3) is 0 Å². The number of nitrogens with one attached hydrogen (secondary N) is 2. The van der Waals surface area contributed by atoms with Crippen LogP contribution in [0.2, 0.25) is 0 Å². The van der Waals surface area contributed by atoms with E-state index in [0.29, 0.717) is 6.42 Å². The fraction of sp³-hybridized carbons (Fsp3) is 0.286. The van der Waals surface area contributed by atoms with E-state index in [2.05, 4.69) is 15.5 Å². The average Bonchev–Trinajstić information content (AvgIpc) is 2.61. The molecule has 2 N–H and O–H groups in total. The third-order valence-electron chi connectivity index (χ3n) is 2.84. The number of aromatic amines is 1. The summed E-state index contributed by atoms with van der Waals surface area (Å²) in [5.41, 5.74) is 4.66. The maximum Gasteiger partial charge on any atom is 0.228 e. The van der Waals surface area contributed by atoms with Gasteiger partial charge in [0.1, 0.15) is 0 Å². The molecule has 94 valence electrons. The summed E-state index contributed by atoms with van der Waals surface area (Å²) in [4.78, 5) is 11.9. The molecule has 0 aliphatic rings. The van der Waals surface area contributed by atoms with E-state index in [9.17, 15) is 4.79 Å². The van der Waals surface area contributed by atoms with Crippen molar-refractivity contribution in [3.8, 4) is 0 Å². The molecule has 2 rings (SSSR count). The molecule has 0 spiro atoms. The molecule has 4 heteroatoms. The van der Waals surface area contributed by atoms with Crippen LogP contribution in [0.4, 0.5) is 5.69 Å². The van der Waals surface area contributed by atoms with E-state index in [1.54, 1.807) is 0 Å². The molecule has 4 nitrogen and oxygen atoms in total. The molecule has 1 aromatic carbocycles. The maximum atomic E-state index is 11.9. The van der Waals surface area contributed by atoms with Crippen LogP contribution in [0, 0.1) is 20.8 Å². The number of hydrogen-bond acceptors (Lipinski definition) is 2. The number of carbonyl (C=O) groups excluding carboxylic acids is 1. The summed E-state index contributed by atoms with van der Waals surface area (Å²) in [6.45, 7) is 5.78. The second-order valence-electron chi connectivity index (χ2n) is 4.52. The number of carbonyl (C=O) groups is 1. The lowest BCUT2D eigenvalue weighted by Gasteiger charge is -2.06. The Morgan fingerprint density at radius 2 is 2.11 bits per heavy atom. The summed E-state index contributed by atoms with van der Waals surface area (Å²) >= 11 is 0. The van der Waals surface area contributed by atoms with Gasteiger partial charge in [-0.25, -0.2) is 0 Å². The second kappa shape index (κ2) is 5.04. The van der Waals surface area contributed by atoms with E-state index in [0.717, 1.165) is 28.2 Å². The smallest absolute Gasteiger partial charge is 0.228 e. The van der Waals surface area contributed by atoms with Gasteiger partial charge in [-0.2, -0.15) is 5.10 Å². The first kappa shape index (κ1) is 12.4. The summed E-state index contributed by atoms with van der Waals surface area (Å²) in [6.07, 6.45) is 0.381. The molecular formula is C14H17N3O. The average molecular weight is 243 g/mol. The van der Waals surface area contributed by atoms with Crippen molar-refractivity contribution in [2.75, 3.05) is 5.32 Å². The minimum absolute atomic E-state index is 0.0202. The van der Waals surface area contributed by atoms with Gasteiger partial charge in [-0.1, -0.05) is 29.8 Å². The topological polar surface area (TPSA) is 57.8 Å². The van der Waals surface area contributed by atoms with Crippen molar-refractivity contribution in [2.24, 2.45) is 0 Å². The molecule has 0 fully saturated rings. The minimum atomic E-state index is -0.0202. The maximum absolute atomic E-state index is 11.9. The molecule has 2 aromatic rings. The number of aromatic nitrogens is 2. The van der Waals surface area contributed by atoms with E-state index < -0.39 is 0 Å². The van der Waals surface area contributed by atoms with Crippen molar-refractivity contribution in [3.05, 3.63) is 46.8 Å². The number of benzene rings is 1. The van der Waals surface area contributed by atoms with Gasteiger partial charge in [-0.15, -0.1) is 0 Å². The van der Waals surface area contributed by atoms with Gasteiger partial charge < -0.3 is 5.32 Å². The number of anilines is 1. The van der Waals surface area contributed by atoms with Crippen molar-refractivity contribution in [3.63, 3.8) is 0 Å². The fourth-order valence-corrected chi connectivity index (χ4v) is 1.93. The zero-order valence-corrected chi connectivity index (χ0v) is 10.9. The molecule has 1 heterocycles. The Labute approximate surface area is 106 Å². The molecule has 0 saturated carbocycles. The van der Waals surface area contributed by atoms with Gasteiger partial charge >= 0.3 is 0 Å². The second-order valence-corrected chi connectivity index (χ2v) is 4.52. The van der Waals surface area contributed by atoms with Crippen LogP contribution in [0.1, 0.15) is 22.5 Å². The highest BCUT2D eigenvalue weighted by atomic mass is 16.1. The Balaban J connectivity index is 2.06. The lowest BCUT2D eigenvalue weighted by Crippen LogP contribution is -2.15. The SMILES string of the molecule is Cc1cccc(CC(=O)Nc2c(C)n[nH]c2C)c1. The van der Waals surface area contributed by atoms with Gasteiger partial charge in [0.05, 0.1) is 23.5 Å². The Bertz CT molecular complexity index is 553. The number of nitrogens with zero attached hydrogens (tertiary/aromatic N) is 1. The monoisotopic (exact) mass is 243 g/mol. The van der Waals surface area contributed by atoms with Crippen molar-refractivity contribution < 1.29 is 4.79 Å². The van der Waals surface area contributed by atoms with Crippen molar-refractivity contribution in [2.45, 2.75) is 27.2 Å². The van der Waals surface area contributed by atoms with Crippen LogP contribution in [0.25, 0.3) is 0 Å². The molecule has 0 atom stereocenters. The quantitative estimate of drug-likeness (QED) is 0.870. The van der Waals surface area contributed by atoms with E-state index >= 15 is 0 Å².